The first-order valence-corrected chi connectivity index (χ1v) is 8.76. The van der Waals surface area contributed by atoms with E-state index >= 15 is 0 Å². The fourth-order valence-corrected chi connectivity index (χ4v) is 3.76. The number of rotatable bonds is 6. The summed E-state index contributed by atoms with van der Waals surface area (Å²) in [7, 11) is 3.88. The summed E-state index contributed by atoms with van der Waals surface area (Å²) in [5.41, 5.74) is 0.740. The molecule has 3 rings (SSSR count). The fourth-order valence-electron chi connectivity index (χ4n) is 3.76. The topological polar surface area (TPSA) is 37.8 Å². The maximum atomic E-state index is 13.8. The van der Waals surface area contributed by atoms with Crippen LogP contribution in [0.15, 0.2) is 18.5 Å². The summed E-state index contributed by atoms with van der Waals surface area (Å²) in [4.78, 5) is 8.47. The van der Waals surface area contributed by atoms with E-state index in [4.69, 9.17) is 9.47 Å². The zero-order valence-corrected chi connectivity index (χ0v) is 14.7. The van der Waals surface area contributed by atoms with E-state index in [1.807, 2.05) is 0 Å². The Bertz CT molecular complexity index is 535. The molecule has 0 radical (unpaired) electrons. The van der Waals surface area contributed by atoms with Gasteiger partial charge in [0.05, 0.1) is 25.0 Å². The number of ether oxygens (including phenoxy) is 2. The summed E-state index contributed by atoms with van der Waals surface area (Å²) in [6.45, 7) is 5.06. The molecule has 0 N–H and O–H groups in total. The Hall–Kier alpha value is -1.08. The van der Waals surface area contributed by atoms with Gasteiger partial charge in [-0.15, -0.1) is 0 Å². The maximum Gasteiger partial charge on any atom is 0.145 e. The molecule has 2 aliphatic rings. The first-order chi connectivity index (χ1) is 11.6. The number of pyridine rings is 1. The van der Waals surface area contributed by atoms with E-state index in [1.54, 1.807) is 19.4 Å². The van der Waals surface area contributed by atoms with Crippen LogP contribution in [-0.2, 0) is 16.0 Å². The van der Waals surface area contributed by atoms with Crippen molar-refractivity contribution in [1.29, 1.82) is 0 Å². The van der Waals surface area contributed by atoms with Gasteiger partial charge in [-0.05, 0) is 32.4 Å². The Morgan fingerprint density at radius 2 is 2.25 bits per heavy atom. The van der Waals surface area contributed by atoms with Crippen LogP contribution in [0.3, 0.4) is 0 Å². The van der Waals surface area contributed by atoms with Crippen LogP contribution in [0.2, 0.25) is 0 Å². The number of methoxy groups -OCH3 is 1. The van der Waals surface area contributed by atoms with Gasteiger partial charge in [-0.3, -0.25) is 14.8 Å². The quantitative estimate of drug-likeness (QED) is 0.793. The predicted octanol–water partition coefficient (Wildman–Crippen LogP) is 1.92. The molecule has 0 saturated carbocycles. The second kappa shape index (κ2) is 7.87. The highest BCUT2D eigenvalue weighted by Gasteiger charge is 2.43. The molecule has 0 aliphatic carbocycles. The number of nitrogens with zero attached hydrogens (tertiary/aromatic N) is 3. The zero-order valence-electron chi connectivity index (χ0n) is 14.7. The normalized spacial score (nSPS) is 24.1. The molecule has 2 aliphatic heterocycles. The van der Waals surface area contributed by atoms with Crippen molar-refractivity contribution in [3.05, 3.63) is 29.8 Å². The van der Waals surface area contributed by atoms with Crippen molar-refractivity contribution in [2.75, 3.05) is 47.0 Å². The van der Waals surface area contributed by atoms with Gasteiger partial charge in [0, 0.05) is 51.1 Å². The van der Waals surface area contributed by atoms with Crippen LogP contribution in [-0.4, -0.2) is 73.4 Å². The highest BCUT2D eigenvalue weighted by atomic mass is 19.1. The van der Waals surface area contributed by atoms with Gasteiger partial charge in [-0.2, -0.15) is 0 Å². The van der Waals surface area contributed by atoms with Crippen molar-refractivity contribution in [2.24, 2.45) is 0 Å². The standard InChI is InChI=1S/C18H28FN3O2/c1-21(9-10-23-2)16-11-18(24-14-16)4-7-22(8-5-18)13-15-3-6-20-12-17(15)19/h3,6,12,16H,4-5,7-11,13-14H2,1-2H3. The number of halogens is 1. The van der Waals surface area contributed by atoms with Crippen molar-refractivity contribution < 1.29 is 13.9 Å². The smallest absolute Gasteiger partial charge is 0.145 e. The second-order valence-corrected chi connectivity index (χ2v) is 7.07. The van der Waals surface area contributed by atoms with E-state index in [9.17, 15) is 4.39 Å². The first kappa shape index (κ1) is 17.7. The molecule has 0 aromatic carbocycles. The number of piperidine rings is 1. The molecule has 3 heterocycles. The lowest BCUT2D eigenvalue weighted by Gasteiger charge is -2.39. The Kier molecular flexibility index (Phi) is 5.81. The molecule has 1 aromatic rings. The van der Waals surface area contributed by atoms with E-state index in [2.05, 4.69) is 21.8 Å². The number of likely N-dealkylation sites (tertiary alicyclic amines) is 1. The van der Waals surface area contributed by atoms with Crippen LogP contribution in [0.4, 0.5) is 4.39 Å². The largest absolute Gasteiger partial charge is 0.383 e. The molecule has 24 heavy (non-hydrogen) atoms. The summed E-state index contributed by atoms with van der Waals surface area (Å²) < 4.78 is 25.1. The number of aromatic nitrogens is 1. The van der Waals surface area contributed by atoms with Crippen LogP contribution < -0.4 is 0 Å². The number of hydrogen-bond acceptors (Lipinski definition) is 5. The predicted molar refractivity (Wildman–Crippen MR) is 90.3 cm³/mol. The lowest BCUT2D eigenvalue weighted by molar-refractivity contribution is -0.0454. The minimum atomic E-state index is -0.213. The lowest BCUT2D eigenvalue weighted by atomic mass is 9.87. The summed E-state index contributed by atoms with van der Waals surface area (Å²) in [5, 5.41) is 0. The van der Waals surface area contributed by atoms with Gasteiger partial charge in [-0.1, -0.05) is 0 Å². The van der Waals surface area contributed by atoms with Crippen molar-refractivity contribution in [3.8, 4) is 0 Å². The van der Waals surface area contributed by atoms with Gasteiger partial charge in [0.1, 0.15) is 5.82 Å². The molecule has 1 atom stereocenters. The Morgan fingerprint density at radius 1 is 1.46 bits per heavy atom. The molecule has 6 heteroatoms. The molecular weight excluding hydrogens is 309 g/mol. The Morgan fingerprint density at radius 3 is 2.96 bits per heavy atom. The zero-order chi connectivity index (χ0) is 17.0. The van der Waals surface area contributed by atoms with Crippen molar-refractivity contribution in [1.82, 2.24) is 14.8 Å². The van der Waals surface area contributed by atoms with Crippen LogP contribution in [0.1, 0.15) is 24.8 Å². The van der Waals surface area contributed by atoms with Gasteiger partial charge in [0.2, 0.25) is 0 Å². The van der Waals surface area contributed by atoms with Crippen LogP contribution in [0, 0.1) is 5.82 Å². The van der Waals surface area contributed by atoms with Crippen LogP contribution >= 0.6 is 0 Å². The molecule has 0 amide bonds. The third kappa shape index (κ3) is 4.11. The molecular formula is C18H28FN3O2. The molecule has 1 unspecified atom stereocenters. The highest BCUT2D eigenvalue weighted by Crippen LogP contribution is 2.37. The molecule has 1 aromatic heterocycles. The highest BCUT2D eigenvalue weighted by molar-refractivity contribution is 5.12. The van der Waals surface area contributed by atoms with Gasteiger partial charge in [0.25, 0.3) is 0 Å². The van der Waals surface area contributed by atoms with E-state index in [0.717, 1.165) is 57.7 Å². The molecule has 5 nitrogen and oxygen atoms in total. The summed E-state index contributed by atoms with van der Waals surface area (Å²) in [5.74, 6) is -0.213. The third-order valence-corrected chi connectivity index (χ3v) is 5.48. The Balaban J connectivity index is 1.49. The van der Waals surface area contributed by atoms with E-state index in [1.165, 1.54) is 6.20 Å². The molecule has 1 spiro atoms. The van der Waals surface area contributed by atoms with E-state index in [-0.39, 0.29) is 11.4 Å². The van der Waals surface area contributed by atoms with Gasteiger partial charge < -0.3 is 9.47 Å². The number of hydrogen-bond donors (Lipinski definition) is 0. The van der Waals surface area contributed by atoms with Crippen molar-refractivity contribution >= 4 is 0 Å². The van der Waals surface area contributed by atoms with Gasteiger partial charge in [0.15, 0.2) is 0 Å². The average molecular weight is 337 g/mol. The van der Waals surface area contributed by atoms with Gasteiger partial charge in [-0.25, -0.2) is 4.39 Å². The molecule has 2 fully saturated rings. The molecule has 0 bridgehead atoms. The maximum absolute atomic E-state index is 13.8. The summed E-state index contributed by atoms with van der Waals surface area (Å²) in [6, 6.07) is 2.25. The average Bonchev–Trinajstić information content (AvgIpc) is 3.01. The van der Waals surface area contributed by atoms with E-state index in [0.29, 0.717) is 12.6 Å². The SMILES string of the molecule is COCCN(C)C1COC2(CCN(Cc3ccncc3F)CC2)C1. The summed E-state index contributed by atoms with van der Waals surface area (Å²) in [6.07, 6.45) is 6.08. The fraction of sp³-hybridized carbons (Fsp3) is 0.722. The van der Waals surface area contributed by atoms with Crippen molar-refractivity contribution in [2.45, 2.75) is 37.5 Å². The summed E-state index contributed by atoms with van der Waals surface area (Å²) >= 11 is 0. The first-order valence-electron chi connectivity index (χ1n) is 8.76. The van der Waals surface area contributed by atoms with Crippen molar-refractivity contribution in [3.63, 3.8) is 0 Å². The van der Waals surface area contributed by atoms with Crippen LogP contribution in [0.5, 0.6) is 0 Å². The number of likely N-dealkylation sites (N-methyl/N-ethyl adjacent to an activating group) is 1. The monoisotopic (exact) mass is 337 g/mol. The lowest BCUT2D eigenvalue weighted by Crippen LogP contribution is -2.44. The molecule has 2 saturated heterocycles. The third-order valence-electron chi connectivity index (χ3n) is 5.48. The van der Waals surface area contributed by atoms with E-state index < -0.39 is 0 Å². The molecule has 134 valence electrons. The minimum Gasteiger partial charge on any atom is -0.383 e. The van der Waals surface area contributed by atoms with Crippen LogP contribution in [0.25, 0.3) is 0 Å². The second-order valence-electron chi connectivity index (χ2n) is 7.07. The Labute approximate surface area is 143 Å². The minimum absolute atomic E-state index is 0.0132. The van der Waals surface area contributed by atoms with Gasteiger partial charge >= 0.3 is 0 Å².